The summed E-state index contributed by atoms with van der Waals surface area (Å²) in [6.45, 7) is 0. The van der Waals surface area contributed by atoms with Crippen LogP contribution in [-0.4, -0.2) is 4.98 Å². The third-order valence-electron chi connectivity index (χ3n) is 9.31. The van der Waals surface area contributed by atoms with Crippen LogP contribution in [-0.2, 0) is 0 Å². The number of para-hydroxylation sites is 1. The number of aromatic nitrogens is 1. The zero-order valence-electron chi connectivity index (χ0n) is 25.2. The first-order valence-electron chi connectivity index (χ1n) is 15.8. The minimum atomic E-state index is 0.663. The second-order valence-electron chi connectivity index (χ2n) is 12.0. The highest BCUT2D eigenvalue weighted by molar-refractivity contribution is 6.23. The molecule has 4 heteroatoms. The molecule has 220 valence electrons. The Hall–Kier alpha value is -6.39. The molecule has 3 aromatic heterocycles. The van der Waals surface area contributed by atoms with Crippen molar-refractivity contribution >= 4 is 82.6 Å². The molecule has 7 aromatic carbocycles. The first-order chi connectivity index (χ1) is 23.3. The van der Waals surface area contributed by atoms with Crippen LogP contribution in [0.1, 0.15) is 0 Å². The fourth-order valence-corrected chi connectivity index (χ4v) is 7.07. The van der Waals surface area contributed by atoms with Gasteiger partial charge in [-0.2, -0.15) is 0 Å². The standard InChI is InChI=1S/C43H26N2O2/c1-2-7-27(8-3-1)28-14-17-31(18-15-28)45(33-20-23-40-38(26-33)35-9-4-5-11-39(35)46-40)32-19-22-34-30(25-32)13-12-29-16-21-36-37-10-6-24-44-43(37)47-42(36)41(29)34/h1-26H. The van der Waals surface area contributed by atoms with E-state index in [9.17, 15) is 0 Å². The summed E-state index contributed by atoms with van der Waals surface area (Å²) in [6, 6.07) is 53.4. The molecule has 0 N–H and O–H groups in total. The molecular weight excluding hydrogens is 576 g/mol. The average molecular weight is 603 g/mol. The summed E-state index contributed by atoms with van der Waals surface area (Å²) in [4.78, 5) is 6.82. The number of anilines is 3. The summed E-state index contributed by atoms with van der Waals surface area (Å²) >= 11 is 0. The third kappa shape index (κ3) is 4.05. The van der Waals surface area contributed by atoms with Crippen LogP contribution in [0.25, 0.3) is 76.7 Å². The third-order valence-corrected chi connectivity index (χ3v) is 9.31. The normalized spacial score (nSPS) is 11.8. The molecule has 10 aromatic rings. The molecule has 0 bridgehead atoms. The van der Waals surface area contributed by atoms with Crippen molar-refractivity contribution in [3.05, 3.63) is 158 Å². The Labute approximate surface area is 269 Å². The molecule has 0 aliphatic rings. The average Bonchev–Trinajstić information content (AvgIpc) is 3.70. The molecule has 0 aliphatic heterocycles. The lowest BCUT2D eigenvalue weighted by atomic mass is 9.98. The Balaban J connectivity index is 1.18. The molecule has 47 heavy (non-hydrogen) atoms. The van der Waals surface area contributed by atoms with Gasteiger partial charge in [-0.3, -0.25) is 0 Å². The van der Waals surface area contributed by atoms with Gasteiger partial charge in [-0.1, -0.05) is 84.9 Å². The summed E-state index contributed by atoms with van der Waals surface area (Å²) in [7, 11) is 0. The number of fused-ring (bicyclic) bond motifs is 10. The number of hydrogen-bond donors (Lipinski definition) is 0. The molecule has 0 amide bonds. The Bertz CT molecular complexity index is 2790. The van der Waals surface area contributed by atoms with E-state index in [1.807, 2.05) is 24.3 Å². The van der Waals surface area contributed by atoms with Crippen molar-refractivity contribution in [2.45, 2.75) is 0 Å². The predicted molar refractivity (Wildman–Crippen MR) is 194 cm³/mol. The fraction of sp³-hybridized carbons (Fsp3) is 0. The van der Waals surface area contributed by atoms with Gasteiger partial charge >= 0.3 is 0 Å². The van der Waals surface area contributed by atoms with E-state index in [1.54, 1.807) is 6.20 Å². The lowest BCUT2D eigenvalue weighted by Gasteiger charge is -2.26. The summed E-state index contributed by atoms with van der Waals surface area (Å²) in [5.74, 6) is 0. The van der Waals surface area contributed by atoms with Gasteiger partial charge < -0.3 is 13.7 Å². The first kappa shape index (κ1) is 25.9. The predicted octanol–water partition coefficient (Wildman–Crippen LogP) is 12.3. The van der Waals surface area contributed by atoms with Crippen LogP contribution >= 0.6 is 0 Å². The molecule has 0 spiro atoms. The van der Waals surface area contributed by atoms with Crippen molar-refractivity contribution in [3.63, 3.8) is 0 Å². The van der Waals surface area contributed by atoms with Gasteiger partial charge in [-0.25, -0.2) is 4.98 Å². The van der Waals surface area contributed by atoms with Crippen LogP contribution in [0.15, 0.2) is 167 Å². The van der Waals surface area contributed by atoms with Crippen molar-refractivity contribution in [2.24, 2.45) is 0 Å². The molecular formula is C43H26N2O2. The van der Waals surface area contributed by atoms with Gasteiger partial charge in [0.2, 0.25) is 5.71 Å². The van der Waals surface area contributed by atoms with Crippen molar-refractivity contribution in [3.8, 4) is 11.1 Å². The van der Waals surface area contributed by atoms with E-state index < -0.39 is 0 Å². The second kappa shape index (κ2) is 10.1. The lowest BCUT2D eigenvalue weighted by Crippen LogP contribution is -2.09. The quantitative estimate of drug-likeness (QED) is 0.188. The van der Waals surface area contributed by atoms with Crippen molar-refractivity contribution in [1.82, 2.24) is 4.98 Å². The zero-order chi connectivity index (χ0) is 30.9. The molecule has 0 saturated heterocycles. The Morgan fingerprint density at radius 1 is 0.426 bits per heavy atom. The van der Waals surface area contributed by atoms with Crippen molar-refractivity contribution < 1.29 is 8.83 Å². The van der Waals surface area contributed by atoms with Crippen LogP contribution in [0.2, 0.25) is 0 Å². The summed E-state index contributed by atoms with van der Waals surface area (Å²) in [5.41, 5.74) is 8.88. The Morgan fingerprint density at radius 2 is 1.11 bits per heavy atom. The second-order valence-corrected chi connectivity index (χ2v) is 12.0. The number of benzene rings is 7. The molecule has 0 atom stereocenters. The number of hydrogen-bond acceptors (Lipinski definition) is 4. The Kier molecular flexibility index (Phi) is 5.54. The van der Waals surface area contributed by atoms with Gasteiger partial charge in [0.15, 0.2) is 0 Å². The van der Waals surface area contributed by atoms with E-state index in [0.717, 1.165) is 76.9 Å². The fourth-order valence-electron chi connectivity index (χ4n) is 7.07. The van der Waals surface area contributed by atoms with Gasteiger partial charge in [0.25, 0.3) is 0 Å². The van der Waals surface area contributed by atoms with Crippen LogP contribution in [0, 0.1) is 0 Å². The highest BCUT2D eigenvalue weighted by Crippen LogP contribution is 2.42. The van der Waals surface area contributed by atoms with Crippen molar-refractivity contribution in [1.29, 1.82) is 0 Å². The number of pyridine rings is 1. The smallest absolute Gasteiger partial charge is 0.227 e. The number of nitrogens with zero attached hydrogens (tertiary/aromatic N) is 2. The highest BCUT2D eigenvalue weighted by Gasteiger charge is 2.18. The SMILES string of the molecule is c1ccc(-c2ccc(N(c3ccc4c(ccc5ccc6c7cccnc7oc6c54)c3)c3ccc4oc5ccccc5c4c3)cc2)cc1. The van der Waals surface area contributed by atoms with Crippen LogP contribution in [0.5, 0.6) is 0 Å². The maximum absolute atomic E-state index is 6.38. The molecule has 3 heterocycles. The van der Waals surface area contributed by atoms with E-state index in [-0.39, 0.29) is 0 Å². The lowest BCUT2D eigenvalue weighted by molar-refractivity contribution is 0.658. The van der Waals surface area contributed by atoms with E-state index in [1.165, 1.54) is 11.1 Å². The minimum absolute atomic E-state index is 0.663. The van der Waals surface area contributed by atoms with E-state index in [0.29, 0.717) is 5.71 Å². The number of furan rings is 2. The monoisotopic (exact) mass is 602 g/mol. The largest absolute Gasteiger partial charge is 0.456 e. The summed E-state index contributed by atoms with van der Waals surface area (Å²) in [6.07, 6.45) is 1.78. The molecule has 0 radical (unpaired) electrons. The van der Waals surface area contributed by atoms with Crippen LogP contribution in [0.3, 0.4) is 0 Å². The summed E-state index contributed by atoms with van der Waals surface area (Å²) < 4.78 is 12.6. The van der Waals surface area contributed by atoms with Gasteiger partial charge in [-0.15, -0.1) is 0 Å². The van der Waals surface area contributed by atoms with E-state index in [4.69, 9.17) is 8.83 Å². The Morgan fingerprint density at radius 3 is 2.02 bits per heavy atom. The van der Waals surface area contributed by atoms with Crippen LogP contribution in [0.4, 0.5) is 17.1 Å². The molecule has 0 unspecified atom stereocenters. The number of rotatable bonds is 4. The molecule has 10 rings (SSSR count). The summed E-state index contributed by atoms with van der Waals surface area (Å²) in [5, 5.41) is 8.85. The highest BCUT2D eigenvalue weighted by atomic mass is 16.3. The molecule has 0 aliphatic carbocycles. The van der Waals surface area contributed by atoms with Gasteiger partial charge in [0.1, 0.15) is 16.7 Å². The minimum Gasteiger partial charge on any atom is -0.456 e. The zero-order valence-corrected chi connectivity index (χ0v) is 25.2. The van der Waals surface area contributed by atoms with Crippen molar-refractivity contribution in [2.75, 3.05) is 4.90 Å². The van der Waals surface area contributed by atoms with Gasteiger partial charge in [0.05, 0.1) is 0 Å². The van der Waals surface area contributed by atoms with Crippen LogP contribution < -0.4 is 4.90 Å². The molecule has 4 nitrogen and oxygen atoms in total. The topological polar surface area (TPSA) is 42.4 Å². The van der Waals surface area contributed by atoms with E-state index >= 15 is 0 Å². The maximum atomic E-state index is 6.38. The van der Waals surface area contributed by atoms with Gasteiger partial charge in [0, 0.05) is 50.2 Å². The van der Waals surface area contributed by atoms with Gasteiger partial charge in [-0.05, 0) is 94.0 Å². The van der Waals surface area contributed by atoms with E-state index in [2.05, 4.69) is 137 Å². The maximum Gasteiger partial charge on any atom is 0.227 e. The molecule has 0 saturated carbocycles. The first-order valence-corrected chi connectivity index (χ1v) is 15.8. The molecule has 0 fully saturated rings.